The fourth-order valence-electron chi connectivity index (χ4n) is 1.27. The zero-order valence-electron chi connectivity index (χ0n) is 5.44. The molecule has 2 atom stereocenters. The lowest BCUT2D eigenvalue weighted by atomic mass is 9.96. The van der Waals surface area contributed by atoms with Gasteiger partial charge in [-0.05, 0) is 12.8 Å². The van der Waals surface area contributed by atoms with Gasteiger partial charge in [-0.1, -0.05) is 12.8 Å². The van der Waals surface area contributed by atoms with Crippen LogP contribution in [0.1, 0.15) is 25.7 Å². The smallest absolute Gasteiger partial charge is 0.0502 e. The molecule has 3 heteroatoms. The van der Waals surface area contributed by atoms with Gasteiger partial charge in [0.25, 0.3) is 0 Å². The lowest BCUT2D eigenvalue weighted by Gasteiger charge is -2.25. The highest BCUT2D eigenvalue weighted by Crippen LogP contribution is 2.21. The Morgan fingerprint density at radius 3 is 2.44 bits per heavy atom. The van der Waals surface area contributed by atoms with Gasteiger partial charge >= 0.3 is 0 Å². The van der Waals surface area contributed by atoms with Crippen LogP contribution in [-0.2, 0) is 0 Å². The number of hydrazine groups is 1. The van der Waals surface area contributed by atoms with Crippen molar-refractivity contribution in [1.29, 1.82) is 0 Å². The Hall–Kier alpha value is 0.210. The molecule has 54 valence electrons. The van der Waals surface area contributed by atoms with Crippen LogP contribution >= 0.6 is 11.6 Å². The van der Waals surface area contributed by atoms with Crippen LogP contribution in [0.15, 0.2) is 0 Å². The average Bonchev–Trinajstić information content (AvgIpc) is 1.89. The zero-order chi connectivity index (χ0) is 6.69. The van der Waals surface area contributed by atoms with Crippen LogP contribution < -0.4 is 11.3 Å². The van der Waals surface area contributed by atoms with Gasteiger partial charge < -0.3 is 0 Å². The fraction of sp³-hybridized carbons (Fsp3) is 1.00. The van der Waals surface area contributed by atoms with E-state index >= 15 is 0 Å². The molecule has 0 aliphatic heterocycles. The Morgan fingerprint density at radius 1 is 1.33 bits per heavy atom. The van der Waals surface area contributed by atoms with Crippen molar-refractivity contribution in [2.45, 2.75) is 37.1 Å². The molecule has 1 saturated carbocycles. The first-order valence-corrected chi connectivity index (χ1v) is 3.88. The predicted molar refractivity (Wildman–Crippen MR) is 39.2 cm³/mol. The number of rotatable bonds is 1. The van der Waals surface area contributed by atoms with Gasteiger partial charge in [-0.2, -0.15) is 0 Å². The normalized spacial score (nSPS) is 36.7. The van der Waals surface area contributed by atoms with E-state index in [0.717, 1.165) is 12.8 Å². The molecule has 0 amide bonds. The van der Waals surface area contributed by atoms with E-state index in [1.165, 1.54) is 12.8 Å². The van der Waals surface area contributed by atoms with E-state index < -0.39 is 0 Å². The molecular weight excluding hydrogens is 136 g/mol. The molecule has 0 saturated heterocycles. The Bertz CT molecular complexity index is 87.1. The van der Waals surface area contributed by atoms with Gasteiger partial charge in [0, 0.05) is 6.04 Å². The largest absolute Gasteiger partial charge is 0.271 e. The number of alkyl halides is 1. The van der Waals surface area contributed by atoms with E-state index in [9.17, 15) is 0 Å². The van der Waals surface area contributed by atoms with E-state index in [0.29, 0.717) is 6.04 Å². The molecule has 9 heavy (non-hydrogen) atoms. The molecule has 0 bridgehead atoms. The third-order valence-corrected chi connectivity index (χ3v) is 2.42. The summed E-state index contributed by atoms with van der Waals surface area (Å²) in [5.74, 6) is 5.26. The number of hydrogen-bond donors (Lipinski definition) is 2. The minimum Gasteiger partial charge on any atom is -0.271 e. The van der Waals surface area contributed by atoms with Gasteiger partial charge in [-0.3, -0.25) is 11.3 Å². The monoisotopic (exact) mass is 148 g/mol. The maximum atomic E-state index is 5.94. The summed E-state index contributed by atoms with van der Waals surface area (Å²) in [6.45, 7) is 0. The van der Waals surface area contributed by atoms with Gasteiger partial charge in [0.1, 0.15) is 0 Å². The predicted octanol–water partition coefficient (Wildman–Crippen LogP) is 1.000. The Balaban J connectivity index is 2.30. The highest BCUT2D eigenvalue weighted by atomic mass is 35.5. The molecule has 0 aromatic rings. The quantitative estimate of drug-likeness (QED) is 0.331. The minimum absolute atomic E-state index is 0.253. The highest BCUT2D eigenvalue weighted by Gasteiger charge is 2.20. The van der Waals surface area contributed by atoms with E-state index in [1.54, 1.807) is 0 Å². The van der Waals surface area contributed by atoms with Crippen LogP contribution in [0, 0.1) is 0 Å². The van der Waals surface area contributed by atoms with Crippen molar-refractivity contribution < 1.29 is 0 Å². The highest BCUT2D eigenvalue weighted by molar-refractivity contribution is 6.21. The summed E-state index contributed by atoms with van der Waals surface area (Å²) in [6.07, 6.45) is 4.76. The third-order valence-electron chi connectivity index (χ3n) is 1.90. The Kier molecular flexibility index (Phi) is 2.76. The molecule has 0 unspecified atom stereocenters. The number of halogens is 1. The second-order valence-electron chi connectivity index (χ2n) is 2.57. The van der Waals surface area contributed by atoms with Gasteiger partial charge in [0.05, 0.1) is 5.38 Å². The van der Waals surface area contributed by atoms with Crippen molar-refractivity contribution in [3.05, 3.63) is 0 Å². The van der Waals surface area contributed by atoms with Crippen molar-refractivity contribution >= 4 is 11.6 Å². The van der Waals surface area contributed by atoms with E-state index in [2.05, 4.69) is 5.43 Å². The first-order chi connectivity index (χ1) is 4.34. The van der Waals surface area contributed by atoms with Crippen LogP contribution in [0.4, 0.5) is 0 Å². The maximum Gasteiger partial charge on any atom is 0.0502 e. The van der Waals surface area contributed by atoms with E-state index in [1.807, 2.05) is 0 Å². The van der Waals surface area contributed by atoms with Crippen LogP contribution in [0.25, 0.3) is 0 Å². The summed E-state index contributed by atoms with van der Waals surface area (Å²) in [7, 11) is 0. The molecule has 2 nitrogen and oxygen atoms in total. The molecule has 0 aromatic heterocycles. The first-order valence-electron chi connectivity index (χ1n) is 3.45. The third kappa shape index (κ3) is 1.81. The lowest BCUT2D eigenvalue weighted by molar-refractivity contribution is 0.385. The second kappa shape index (κ2) is 3.40. The number of nitrogens with two attached hydrogens (primary N) is 1. The molecule has 3 N–H and O–H groups in total. The van der Waals surface area contributed by atoms with Crippen LogP contribution in [0.2, 0.25) is 0 Å². The van der Waals surface area contributed by atoms with Crippen LogP contribution in [0.3, 0.4) is 0 Å². The maximum absolute atomic E-state index is 5.94. The van der Waals surface area contributed by atoms with E-state index in [-0.39, 0.29) is 5.38 Å². The summed E-state index contributed by atoms with van der Waals surface area (Å²) >= 11 is 5.94. The number of nitrogens with one attached hydrogen (secondary N) is 1. The molecule has 0 radical (unpaired) electrons. The SMILES string of the molecule is NN[C@@H]1CCCC[C@@H]1Cl. The fourth-order valence-corrected chi connectivity index (χ4v) is 1.63. The molecule has 0 spiro atoms. The van der Waals surface area contributed by atoms with Crippen molar-refractivity contribution in [2.24, 2.45) is 5.84 Å². The topological polar surface area (TPSA) is 38.0 Å². The molecule has 0 heterocycles. The lowest BCUT2D eigenvalue weighted by Crippen LogP contribution is -2.43. The molecule has 0 aromatic carbocycles. The number of hydrogen-bond acceptors (Lipinski definition) is 2. The minimum atomic E-state index is 0.253. The van der Waals surface area contributed by atoms with Crippen molar-refractivity contribution in [1.82, 2.24) is 5.43 Å². The Morgan fingerprint density at radius 2 is 2.00 bits per heavy atom. The van der Waals surface area contributed by atoms with Gasteiger partial charge in [0.2, 0.25) is 0 Å². The average molecular weight is 149 g/mol. The first kappa shape index (κ1) is 7.32. The molecule has 1 fully saturated rings. The van der Waals surface area contributed by atoms with Crippen LogP contribution in [0.5, 0.6) is 0 Å². The van der Waals surface area contributed by atoms with Gasteiger partial charge in [-0.15, -0.1) is 11.6 Å². The van der Waals surface area contributed by atoms with E-state index in [4.69, 9.17) is 17.4 Å². The molecule has 1 rings (SSSR count). The summed E-state index contributed by atoms with van der Waals surface area (Å²) < 4.78 is 0. The summed E-state index contributed by atoms with van der Waals surface area (Å²) in [4.78, 5) is 0. The van der Waals surface area contributed by atoms with Gasteiger partial charge in [0.15, 0.2) is 0 Å². The van der Waals surface area contributed by atoms with Crippen LogP contribution in [-0.4, -0.2) is 11.4 Å². The molecular formula is C6H13ClN2. The molecule has 1 aliphatic rings. The van der Waals surface area contributed by atoms with Crippen molar-refractivity contribution in [2.75, 3.05) is 0 Å². The standard InChI is InChI=1S/C6H13ClN2/c7-5-3-1-2-4-6(5)9-8/h5-6,9H,1-4,8H2/t5-,6+/m0/s1. The summed E-state index contributed by atoms with van der Waals surface area (Å²) in [5.41, 5.74) is 2.72. The molecule has 1 aliphatic carbocycles. The second-order valence-corrected chi connectivity index (χ2v) is 3.13. The van der Waals surface area contributed by atoms with Gasteiger partial charge in [-0.25, -0.2) is 0 Å². The summed E-state index contributed by atoms with van der Waals surface area (Å²) in [5, 5.41) is 0.253. The Labute approximate surface area is 60.7 Å². The van der Waals surface area contributed by atoms with Crippen molar-refractivity contribution in [3.8, 4) is 0 Å². The summed E-state index contributed by atoms with van der Waals surface area (Å²) in [6, 6.07) is 0.348. The van der Waals surface area contributed by atoms with Crippen molar-refractivity contribution in [3.63, 3.8) is 0 Å². The zero-order valence-corrected chi connectivity index (χ0v) is 6.19.